The molecule has 0 saturated carbocycles. The molecule has 6 heteroatoms. The summed E-state index contributed by atoms with van der Waals surface area (Å²) in [6.07, 6.45) is 7.59. The predicted octanol–water partition coefficient (Wildman–Crippen LogP) is 3.43. The summed E-state index contributed by atoms with van der Waals surface area (Å²) in [6, 6.07) is 6.79. The third-order valence-electron chi connectivity index (χ3n) is 7.12. The van der Waals surface area contributed by atoms with Gasteiger partial charge in [0.1, 0.15) is 5.82 Å². The lowest BCUT2D eigenvalue weighted by atomic mass is 9.79. The van der Waals surface area contributed by atoms with Gasteiger partial charge < -0.3 is 9.80 Å². The summed E-state index contributed by atoms with van der Waals surface area (Å²) in [5.74, 6) is 0.210. The average molecular weight is 416 g/mol. The number of amides is 2. The quantitative estimate of drug-likeness (QED) is 0.740. The van der Waals surface area contributed by atoms with Crippen LogP contribution in [0.1, 0.15) is 56.9 Å². The summed E-state index contributed by atoms with van der Waals surface area (Å²) in [7, 11) is 0. The minimum Gasteiger partial charge on any atom is -0.342 e. The zero-order chi connectivity index (χ0) is 21.0. The van der Waals surface area contributed by atoms with Gasteiger partial charge in [0.05, 0.1) is 0 Å². The first-order valence-electron chi connectivity index (χ1n) is 11.6. The van der Waals surface area contributed by atoms with Gasteiger partial charge in [-0.05, 0) is 56.3 Å². The molecule has 0 aromatic heterocycles. The summed E-state index contributed by atoms with van der Waals surface area (Å²) in [6.45, 7) is 5.93. The highest BCUT2D eigenvalue weighted by Gasteiger charge is 2.42. The highest BCUT2D eigenvalue weighted by Crippen LogP contribution is 2.39. The largest absolute Gasteiger partial charge is 0.342 e. The van der Waals surface area contributed by atoms with Gasteiger partial charge in [0.25, 0.3) is 0 Å². The highest BCUT2D eigenvalue weighted by molar-refractivity contribution is 5.79. The lowest BCUT2D eigenvalue weighted by Gasteiger charge is -2.40. The fourth-order valence-corrected chi connectivity index (χ4v) is 5.44. The zero-order valence-electron chi connectivity index (χ0n) is 18.0. The van der Waals surface area contributed by atoms with E-state index in [4.69, 9.17) is 0 Å². The lowest BCUT2D eigenvalue weighted by Crippen LogP contribution is -2.45. The zero-order valence-corrected chi connectivity index (χ0v) is 18.0. The van der Waals surface area contributed by atoms with Crippen molar-refractivity contribution < 1.29 is 14.0 Å². The van der Waals surface area contributed by atoms with E-state index in [0.717, 1.165) is 76.9 Å². The van der Waals surface area contributed by atoms with Gasteiger partial charge >= 0.3 is 0 Å². The SMILES string of the molecule is O=C1CCCCCN1CCC(=O)N1CC[C@@]2(CCCN(Cc3ccc(F)cc3)C2)C1. The molecular weight excluding hydrogens is 381 g/mol. The number of benzene rings is 1. The Morgan fingerprint density at radius 2 is 1.80 bits per heavy atom. The molecule has 5 nitrogen and oxygen atoms in total. The van der Waals surface area contributed by atoms with Crippen LogP contribution in [0.25, 0.3) is 0 Å². The Morgan fingerprint density at radius 3 is 2.63 bits per heavy atom. The van der Waals surface area contributed by atoms with Gasteiger partial charge in [-0.25, -0.2) is 4.39 Å². The Hall–Kier alpha value is -1.95. The van der Waals surface area contributed by atoms with Crippen LogP contribution < -0.4 is 0 Å². The van der Waals surface area contributed by atoms with Gasteiger partial charge in [-0.1, -0.05) is 18.6 Å². The van der Waals surface area contributed by atoms with Gasteiger partial charge in [0.15, 0.2) is 0 Å². The van der Waals surface area contributed by atoms with Crippen molar-refractivity contribution in [3.63, 3.8) is 0 Å². The molecule has 3 aliphatic rings. The van der Waals surface area contributed by atoms with Crippen molar-refractivity contribution in [2.24, 2.45) is 5.41 Å². The van der Waals surface area contributed by atoms with Crippen LogP contribution in [0.5, 0.6) is 0 Å². The molecule has 2 amide bonds. The molecule has 4 rings (SSSR count). The van der Waals surface area contributed by atoms with E-state index < -0.39 is 0 Å². The lowest BCUT2D eigenvalue weighted by molar-refractivity contribution is -0.134. The molecule has 164 valence electrons. The van der Waals surface area contributed by atoms with Crippen molar-refractivity contribution in [3.8, 4) is 0 Å². The van der Waals surface area contributed by atoms with Crippen molar-refractivity contribution >= 4 is 11.8 Å². The summed E-state index contributed by atoms with van der Waals surface area (Å²) in [5, 5.41) is 0. The number of likely N-dealkylation sites (tertiary alicyclic amines) is 3. The first-order chi connectivity index (χ1) is 14.5. The number of rotatable bonds is 5. The topological polar surface area (TPSA) is 43.9 Å². The fourth-order valence-electron chi connectivity index (χ4n) is 5.44. The van der Waals surface area contributed by atoms with Crippen LogP contribution in [0.2, 0.25) is 0 Å². The second-order valence-electron chi connectivity index (χ2n) is 9.45. The average Bonchev–Trinajstić information content (AvgIpc) is 3.02. The number of halogens is 1. The minimum atomic E-state index is -0.194. The van der Waals surface area contributed by atoms with Gasteiger partial charge in [0.2, 0.25) is 11.8 Å². The number of piperidine rings is 1. The van der Waals surface area contributed by atoms with Crippen molar-refractivity contribution in [3.05, 3.63) is 35.6 Å². The number of carbonyl (C=O) groups is 2. The van der Waals surface area contributed by atoms with E-state index in [1.807, 2.05) is 21.9 Å². The molecule has 3 heterocycles. The van der Waals surface area contributed by atoms with Crippen LogP contribution in [-0.4, -0.2) is 65.8 Å². The molecule has 1 aromatic rings. The van der Waals surface area contributed by atoms with E-state index in [1.54, 1.807) is 0 Å². The van der Waals surface area contributed by atoms with Crippen LogP contribution in [0.3, 0.4) is 0 Å². The van der Waals surface area contributed by atoms with E-state index in [2.05, 4.69) is 4.90 Å². The van der Waals surface area contributed by atoms with E-state index in [9.17, 15) is 14.0 Å². The van der Waals surface area contributed by atoms with Crippen LogP contribution in [0.4, 0.5) is 4.39 Å². The first kappa shape index (κ1) is 21.3. The first-order valence-corrected chi connectivity index (χ1v) is 11.6. The van der Waals surface area contributed by atoms with Gasteiger partial charge in [-0.2, -0.15) is 0 Å². The van der Waals surface area contributed by atoms with Crippen LogP contribution >= 0.6 is 0 Å². The second kappa shape index (κ2) is 9.46. The normalized spacial score (nSPS) is 25.7. The number of hydrogen-bond donors (Lipinski definition) is 0. The molecule has 3 saturated heterocycles. The number of nitrogens with zero attached hydrogens (tertiary/aromatic N) is 3. The molecule has 0 N–H and O–H groups in total. The summed E-state index contributed by atoms with van der Waals surface area (Å²) < 4.78 is 13.2. The Bertz CT molecular complexity index is 753. The number of hydrogen-bond acceptors (Lipinski definition) is 3. The van der Waals surface area contributed by atoms with Crippen molar-refractivity contribution in [1.82, 2.24) is 14.7 Å². The highest BCUT2D eigenvalue weighted by atomic mass is 19.1. The molecule has 1 spiro atoms. The van der Waals surface area contributed by atoms with E-state index >= 15 is 0 Å². The summed E-state index contributed by atoms with van der Waals surface area (Å²) in [4.78, 5) is 31.4. The minimum absolute atomic E-state index is 0.187. The Balaban J connectivity index is 1.28. The molecule has 1 aromatic carbocycles. The van der Waals surface area contributed by atoms with Crippen molar-refractivity contribution in [1.29, 1.82) is 0 Å². The fraction of sp³-hybridized carbons (Fsp3) is 0.667. The van der Waals surface area contributed by atoms with Gasteiger partial charge in [0, 0.05) is 57.5 Å². The standard InChI is InChI=1S/C24H34FN3O2/c25-21-8-6-20(7-9-21)17-26-13-4-11-24(18-26)12-16-28(19-24)23(30)10-15-27-14-3-1-2-5-22(27)29/h6-9H,1-5,10-19H2/t24-/m1/s1. The van der Waals surface area contributed by atoms with Gasteiger partial charge in [-0.15, -0.1) is 0 Å². The molecular formula is C24H34FN3O2. The maximum Gasteiger partial charge on any atom is 0.224 e. The molecule has 0 radical (unpaired) electrons. The molecule has 1 atom stereocenters. The van der Waals surface area contributed by atoms with E-state index in [-0.39, 0.29) is 23.0 Å². The Morgan fingerprint density at radius 1 is 0.967 bits per heavy atom. The monoisotopic (exact) mass is 415 g/mol. The molecule has 30 heavy (non-hydrogen) atoms. The summed E-state index contributed by atoms with van der Waals surface area (Å²) in [5.41, 5.74) is 1.33. The van der Waals surface area contributed by atoms with Crippen molar-refractivity contribution in [2.45, 2.75) is 57.9 Å². The third-order valence-corrected chi connectivity index (χ3v) is 7.12. The van der Waals surface area contributed by atoms with Crippen LogP contribution in [0.15, 0.2) is 24.3 Å². The Labute approximate surface area is 179 Å². The molecule has 0 unspecified atom stereocenters. The molecule has 3 aliphatic heterocycles. The molecule has 0 aliphatic carbocycles. The summed E-state index contributed by atoms with van der Waals surface area (Å²) >= 11 is 0. The smallest absolute Gasteiger partial charge is 0.224 e. The van der Waals surface area contributed by atoms with Crippen LogP contribution in [-0.2, 0) is 16.1 Å². The van der Waals surface area contributed by atoms with E-state index in [1.165, 1.54) is 18.6 Å². The second-order valence-corrected chi connectivity index (χ2v) is 9.45. The van der Waals surface area contributed by atoms with Gasteiger partial charge in [-0.3, -0.25) is 14.5 Å². The third kappa shape index (κ3) is 5.20. The maximum atomic E-state index is 13.2. The molecule has 0 bridgehead atoms. The predicted molar refractivity (Wildman–Crippen MR) is 114 cm³/mol. The van der Waals surface area contributed by atoms with Crippen molar-refractivity contribution in [2.75, 3.05) is 39.3 Å². The Kier molecular flexibility index (Phi) is 6.71. The maximum absolute atomic E-state index is 13.2. The number of carbonyl (C=O) groups excluding carboxylic acids is 2. The van der Waals surface area contributed by atoms with Crippen LogP contribution in [0, 0.1) is 11.2 Å². The van der Waals surface area contributed by atoms with E-state index in [0.29, 0.717) is 19.4 Å². The molecule has 3 fully saturated rings.